The lowest BCUT2D eigenvalue weighted by Crippen LogP contribution is -2.06. The summed E-state index contributed by atoms with van der Waals surface area (Å²) < 4.78 is 2.05. The summed E-state index contributed by atoms with van der Waals surface area (Å²) in [6, 6.07) is 26.9. The van der Waals surface area contributed by atoms with Gasteiger partial charge in [0.2, 0.25) is 5.95 Å². The zero-order valence-electron chi connectivity index (χ0n) is 14.8. The second-order valence-electron chi connectivity index (χ2n) is 6.62. The highest BCUT2D eigenvalue weighted by Crippen LogP contribution is 2.31. The van der Waals surface area contributed by atoms with Crippen LogP contribution >= 0.6 is 0 Å². The monoisotopic (exact) mass is 353 g/mol. The van der Waals surface area contributed by atoms with Gasteiger partial charge >= 0.3 is 0 Å². The maximum Gasteiger partial charge on any atom is 0.208 e. The van der Waals surface area contributed by atoms with E-state index in [0.29, 0.717) is 6.54 Å². The van der Waals surface area contributed by atoms with Crippen LogP contribution in [0.1, 0.15) is 0 Å². The van der Waals surface area contributed by atoms with Crippen molar-refractivity contribution in [2.75, 3.05) is 11.9 Å². The van der Waals surface area contributed by atoms with Crippen molar-refractivity contribution in [3.05, 3.63) is 78.9 Å². The van der Waals surface area contributed by atoms with Gasteiger partial charge in [-0.3, -0.25) is 0 Å². The van der Waals surface area contributed by atoms with E-state index in [9.17, 15) is 5.11 Å². The van der Waals surface area contributed by atoms with E-state index in [1.165, 1.54) is 5.39 Å². The Balaban J connectivity index is 1.72. The Morgan fingerprint density at radius 1 is 0.778 bits per heavy atom. The lowest BCUT2D eigenvalue weighted by molar-refractivity contribution is 0.278. The molecule has 5 rings (SSSR count). The minimum atomic E-state index is 0.0580. The van der Waals surface area contributed by atoms with Gasteiger partial charge < -0.3 is 15.0 Å². The number of imidazole rings is 1. The highest BCUT2D eigenvalue weighted by Gasteiger charge is 2.14. The van der Waals surface area contributed by atoms with Gasteiger partial charge in [-0.05, 0) is 22.9 Å². The molecule has 4 nitrogen and oxygen atoms in total. The van der Waals surface area contributed by atoms with Crippen molar-refractivity contribution >= 4 is 44.2 Å². The van der Waals surface area contributed by atoms with Gasteiger partial charge in [0.25, 0.3) is 0 Å². The summed E-state index contributed by atoms with van der Waals surface area (Å²) in [5.74, 6) is 0.742. The minimum absolute atomic E-state index is 0.0580. The molecule has 4 aromatic carbocycles. The van der Waals surface area contributed by atoms with Crippen LogP contribution in [0, 0.1) is 0 Å². The van der Waals surface area contributed by atoms with Crippen molar-refractivity contribution in [3.63, 3.8) is 0 Å². The largest absolute Gasteiger partial charge is 0.395 e. The lowest BCUT2D eigenvalue weighted by Gasteiger charge is -2.11. The fraction of sp³-hybridized carbons (Fsp3) is 0.0870. The molecule has 132 valence electrons. The maximum absolute atomic E-state index is 9.60. The first-order valence-corrected chi connectivity index (χ1v) is 9.09. The molecule has 0 saturated heterocycles. The molecule has 0 unspecified atom stereocenters. The van der Waals surface area contributed by atoms with Gasteiger partial charge in [0, 0.05) is 23.0 Å². The van der Waals surface area contributed by atoms with Crippen LogP contribution < -0.4 is 5.32 Å². The SMILES string of the molecule is OCCn1c(Nc2cccc3ccccc23)nc2c3ccccc3ccc21. The second-order valence-corrected chi connectivity index (χ2v) is 6.62. The van der Waals surface area contributed by atoms with Gasteiger partial charge in [0.05, 0.1) is 17.6 Å². The number of aromatic nitrogens is 2. The van der Waals surface area contributed by atoms with Crippen molar-refractivity contribution < 1.29 is 5.11 Å². The lowest BCUT2D eigenvalue weighted by atomic mass is 10.1. The van der Waals surface area contributed by atoms with Gasteiger partial charge in [-0.1, -0.05) is 66.7 Å². The van der Waals surface area contributed by atoms with Crippen molar-refractivity contribution in [3.8, 4) is 0 Å². The minimum Gasteiger partial charge on any atom is -0.395 e. The molecule has 0 radical (unpaired) electrons. The third-order valence-electron chi connectivity index (χ3n) is 5.00. The van der Waals surface area contributed by atoms with E-state index >= 15 is 0 Å². The Kier molecular flexibility index (Phi) is 3.77. The molecular formula is C23H19N3O. The third kappa shape index (κ3) is 2.62. The summed E-state index contributed by atoms with van der Waals surface area (Å²) in [7, 11) is 0. The summed E-state index contributed by atoms with van der Waals surface area (Å²) in [4.78, 5) is 4.90. The molecule has 0 aliphatic heterocycles. The van der Waals surface area contributed by atoms with E-state index < -0.39 is 0 Å². The highest BCUT2D eigenvalue weighted by molar-refractivity contribution is 6.05. The van der Waals surface area contributed by atoms with E-state index in [-0.39, 0.29) is 6.61 Å². The Bertz CT molecular complexity index is 1270. The molecule has 0 spiro atoms. The molecule has 27 heavy (non-hydrogen) atoms. The summed E-state index contributed by atoms with van der Waals surface area (Å²) in [5.41, 5.74) is 2.97. The number of anilines is 2. The van der Waals surface area contributed by atoms with Crippen LogP contribution in [0.4, 0.5) is 11.6 Å². The first-order valence-electron chi connectivity index (χ1n) is 9.09. The molecule has 4 heteroatoms. The summed E-state index contributed by atoms with van der Waals surface area (Å²) in [6.45, 7) is 0.546. The Morgan fingerprint density at radius 2 is 1.48 bits per heavy atom. The Hall–Kier alpha value is -3.37. The molecule has 0 fully saturated rings. The first-order chi connectivity index (χ1) is 13.3. The number of aliphatic hydroxyl groups excluding tert-OH is 1. The molecular weight excluding hydrogens is 334 g/mol. The van der Waals surface area contributed by atoms with Crippen LogP contribution in [0.5, 0.6) is 0 Å². The predicted molar refractivity (Wildman–Crippen MR) is 112 cm³/mol. The number of nitrogens with zero attached hydrogens (tertiary/aromatic N) is 2. The number of rotatable bonds is 4. The predicted octanol–water partition coefficient (Wildman–Crippen LogP) is 5.08. The summed E-state index contributed by atoms with van der Waals surface area (Å²) >= 11 is 0. The van der Waals surface area contributed by atoms with Crippen molar-refractivity contribution in [2.24, 2.45) is 0 Å². The van der Waals surface area contributed by atoms with Crippen molar-refractivity contribution in [1.29, 1.82) is 0 Å². The standard InChI is InChI=1S/C23H19N3O/c27-15-14-26-21-13-12-17-7-2-4-10-19(17)22(21)25-23(26)24-20-11-5-8-16-6-1-3-9-18(16)20/h1-13,27H,14-15H2,(H,24,25). The summed E-state index contributed by atoms with van der Waals surface area (Å²) in [6.07, 6.45) is 0. The number of benzene rings is 4. The fourth-order valence-corrected chi connectivity index (χ4v) is 3.74. The van der Waals surface area contributed by atoms with Gasteiger partial charge in [-0.25, -0.2) is 4.98 Å². The molecule has 2 N–H and O–H groups in total. The Labute approximate surface area is 156 Å². The zero-order chi connectivity index (χ0) is 18.2. The number of nitrogens with one attached hydrogen (secondary N) is 1. The van der Waals surface area contributed by atoms with Crippen LogP contribution in [-0.4, -0.2) is 21.3 Å². The second kappa shape index (κ2) is 6.41. The molecule has 0 bridgehead atoms. The van der Waals surface area contributed by atoms with E-state index in [1.807, 2.05) is 34.9 Å². The molecule has 0 amide bonds. The third-order valence-corrected chi connectivity index (χ3v) is 5.00. The topological polar surface area (TPSA) is 50.1 Å². The highest BCUT2D eigenvalue weighted by atomic mass is 16.3. The van der Waals surface area contributed by atoms with Gasteiger partial charge in [-0.15, -0.1) is 0 Å². The van der Waals surface area contributed by atoms with Crippen molar-refractivity contribution in [2.45, 2.75) is 6.54 Å². The number of fused-ring (bicyclic) bond motifs is 4. The van der Waals surface area contributed by atoms with E-state index in [2.05, 4.69) is 53.8 Å². The quantitative estimate of drug-likeness (QED) is 0.474. The number of hydrogen-bond acceptors (Lipinski definition) is 3. The van der Waals surface area contributed by atoms with Gasteiger partial charge in [0.15, 0.2) is 0 Å². The van der Waals surface area contributed by atoms with E-state index in [0.717, 1.165) is 38.8 Å². The number of aliphatic hydroxyl groups is 1. The van der Waals surface area contributed by atoms with Crippen LogP contribution in [0.2, 0.25) is 0 Å². The van der Waals surface area contributed by atoms with Crippen LogP contribution in [0.15, 0.2) is 78.9 Å². The van der Waals surface area contributed by atoms with Crippen LogP contribution in [-0.2, 0) is 6.54 Å². The van der Waals surface area contributed by atoms with Gasteiger partial charge in [0.1, 0.15) is 0 Å². The Morgan fingerprint density at radius 3 is 2.30 bits per heavy atom. The molecule has 0 atom stereocenters. The smallest absolute Gasteiger partial charge is 0.208 e. The molecule has 0 aliphatic carbocycles. The first kappa shape index (κ1) is 15.9. The van der Waals surface area contributed by atoms with E-state index in [1.54, 1.807) is 0 Å². The molecule has 1 aromatic heterocycles. The average Bonchev–Trinajstić information content (AvgIpc) is 3.06. The molecule has 0 saturated carbocycles. The fourth-order valence-electron chi connectivity index (χ4n) is 3.74. The van der Waals surface area contributed by atoms with Crippen LogP contribution in [0.3, 0.4) is 0 Å². The van der Waals surface area contributed by atoms with Crippen molar-refractivity contribution in [1.82, 2.24) is 9.55 Å². The molecule has 1 heterocycles. The zero-order valence-corrected chi connectivity index (χ0v) is 14.8. The average molecular weight is 353 g/mol. The number of hydrogen-bond donors (Lipinski definition) is 2. The molecule has 5 aromatic rings. The maximum atomic E-state index is 9.60. The normalized spacial score (nSPS) is 11.4. The summed E-state index contributed by atoms with van der Waals surface area (Å²) in [5, 5.41) is 17.7. The van der Waals surface area contributed by atoms with E-state index in [4.69, 9.17) is 4.98 Å². The molecule has 0 aliphatic rings. The van der Waals surface area contributed by atoms with Gasteiger partial charge in [-0.2, -0.15) is 0 Å². The van der Waals surface area contributed by atoms with Crippen LogP contribution in [0.25, 0.3) is 32.6 Å².